The number of aromatic nitrogens is 1. The largest absolute Gasteiger partial charge is 0.493 e. The molecule has 2 saturated heterocycles. The van der Waals surface area contributed by atoms with Gasteiger partial charge in [0.15, 0.2) is 0 Å². The highest BCUT2D eigenvalue weighted by Gasteiger charge is 2.57. The number of hydrogen-bond donors (Lipinski definition) is 1. The van der Waals surface area contributed by atoms with Gasteiger partial charge in [0.25, 0.3) is 11.8 Å². The molecule has 0 saturated carbocycles. The minimum absolute atomic E-state index is 0.00126. The number of para-hydroxylation sites is 1. The Bertz CT molecular complexity index is 2080. The molecule has 2 fully saturated rings. The third-order valence-electron chi connectivity index (χ3n) is 11.4. The van der Waals surface area contributed by atoms with E-state index < -0.39 is 68.7 Å². The number of alkyl halides is 6. The Hall–Kier alpha value is -4.84. The standard InChI is InChI=1S/C43H49F6N3O8S/c1-4-57-38(55)39(2,3)19-25-58-31-13-9-8-12-29(31)40(56)17-22-51(23-18-40)37(54)41(60-28-26-33(61-27-28)43(47,48)49)16-11-21-52-32(41)14-7-5-6-10-24-59-35-34(36(52)53)30(15-20-50-35)42(44,45)46/h5,7-9,12-13,15,20,26-27,32,56H,4,6,10-11,14,16-19,21-25H2,1-3H3/t32-,41+/m1/s1. The van der Waals surface area contributed by atoms with Crippen LogP contribution in [0.15, 0.2) is 60.1 Å². The van der Waals surface area contributed by atoms with E-state index in [-0.39, 0.29) is 83.3 Å². The Morgan fingerprint density at radius 1 is 1.00 bits per heavy atom. The van der Waals surface area contributed by atoms with Gasteiger partial charge in [-0.05, 0) is 77.8 Å². The summed E-state index contributed by atoms with van der Waals surface area (Å²) in [6, 6.07) is 7.00. The fourth-order valence-corrected chi connectivity index (χ4v) is 8.76. The molecule has 61 heavy (non-hydrogen) atoms. The maximum atomic E-state index is 15.2. The maximum absolute atomic E-state index is 15.2. The Morgan fingerprint density at radius 3 is 2.43 bits per heavy atom. The number of carbonyl (C=O) groups is 3. The number of pyridine rings is 1. The molecule has 1 N–H and O–H groups in total. The number of rotatable bonds is 10. The predicted molar refractivity (Wildman–Crippen MR) is 211 cm³/mol. The molecule has 3 aliphatic heterocycles. The molecule has 5 heterocycles. The van der Waals surface area contributed by atoms with Gasteiger partial charge < -0.3 is 33.9 Å². The zero-order chi connectivity index (χ0) is 44.2. The van der Waals surface area contributed by atoms with Gasteiger partial charge in [0, 0.05) is 49.3 Å². The van der Waals surface area contributed by atoms with E-state index in [2.05, 4.69) is 4.98 Å². The van der Waals surface area contributed by atoms with Crippen molar-refractivity contribution in [2.24, 2.45) is 5.41 Å². The maximum Gasteiger partial charge on any atom is 0.425 e. The summed E-state index contributed by atoms with van der Waals surface area (Å²) in [7, 11) is 0. The normalized spacial score (nSPS) is 21.3. The number of amides is 2. The molecule has 3 aliphatic rings. The van der Waals surface area contributed by atoms with Gasteiger partial charge >= 0.3 is 18.3 Å². The fourth-order valence-electron chi connectivity index (χ4n) is 8.08. The molecule has 0 radical (unpaired) electrons. The number of piperidine rings is 2. The molecule has 2 atom stereocenters. The summed E-state index contributed by atoms with van der Waals surface area (Å²) >= 11 is 0.357. The molecule has 1 aromatic carbocycles. The van der Waals surface area contributed by atoms with Gasteiger partial charge in [0.1, 0.15) is 21.9 Å². The van der Waals surface area contributed by atoms with Gasteiger partial charge in [-0.3, -0.25) is 14.4 Å². The van der Waals surface area contributed by atoms with Crippen LogP contribution >= 0.6 is 11.3 Å². The topological polar surface area (TPSA) is 128 Å². The molecule has 0 aliphatic carbocycles. The van der Waals surface area contributed by atoms with Crippen molar-refractivity contribution in [1.29, 1.82) is 0 Å². The average molecular weight is 882 g/mol. The average Bonchev–Trinajstić information content (AvgIpc) is 3.69. The molecule has 3 aromatic rings. The van der Waals surface area contributed by atoms with E-state index in [1.807, 2.05) is 0 Å². The molecule has 0 bridgehead atoms. The summed E-state index contributed by atoms with van der Waals surface area (Å²) in [5.74, 6) is -2.62. The van der Waals surface area contributed by atoms with Crippen molar-refractivity contribution >= 4 is 29.1 Å². The highest BCUT2D eigenvalue weighted by molar-refractivity contribution is 7.10. The second-order valence-corrected chi connectivity index (χ2v) is 16.9. The summed E-state index contributed by atoms with van der Waals surface area (Å²) in [6.07, 6.45) is -4.38. The zero-order valence-corrected chi connectivity index (χ0v) is 34.9. The first-order chi connectivity index (χ1) is 28.8. The van der Waals surface area contributed by atoms with Gasteiger partial charge in [0.2, 0.25) is 11.5 Å². The van der Waals surface area contributed by atoms with Crippen molar-refractivity contribution in [1.82, 2.24) is 14.8 Å². The Kier molecular flexibility index (Phi) is 13.7. The smallest absolute Gasteiger partial charge is 0.425 e. The van der Waals surface area contributed by atoms with Crippen LogP contribution in [0.4, 0.5) is 26.3 Å². The first kappa shape index (κ1) is 45.7. The molecule has 18 heteroatoms. The summed E-state index contributed by atoms with van der Waals surface area (Å²) in [4.78, 5) is 47.8. The number of thiophene rings is 1. The lowest BCUT2D eigenvalue weighted by Crippen LogP contribution is -2.68. The van der Waals surface area contributed by atoms with Crippen LogP contribution in [0.3, 0.4) is 0 Å². The van der Waals surface area contributed by atoms with Gasteiger partial charge in [0.05, 0.1) is 42.4 Å². The van der Waals surface area contributed by atoms with Crippen LogP contribution in [0.25, 0.3) is 0 Å². The summed E-state index contributed by atoms with van der Waals surface area (Å²) < 4.78 is 108. The van der Waals surface area contributed by atoms with Crippen molar-refractivity contribution in [3.05, 3.63) is 81.7 Å². The minimum atomic E-state index is -4.99. The van der Waals surface area contributed by atoms with Crippen LogP contribution in [0, 0.1) is 5.41 Å². The zero-order valence-electron chi connectivity index (χ0n) is 34.1. The Labute approximate surface area is 353 Å². The number of nitrogens with zero attached hydrogens (tertiary/aromatic N) is 3. The predicted octanol–water partition coefficient (Wildman–Crippen LogP) is 8.59. The molecule has 0 unspecified atom stereocenters. The van der Waals surface area contributed by atoms with Crippen LogP contribution in [0.2, 0.25) is 0 Å². The van der Waals surface area contributed by atoms with Crippen molar-refractivity contribution in [2.75, 3.05) is 39.5 Å². The highest BCUT2D eigenvalue weighted by atomic mass is 32.1. The van der Waals surface area contributed by atoms with Gasteiger partial charge in [-0.1, -0.05) is 30.4 Å². The molecular weight excluding hydrogens is 833 g/mol. The Balaban J connectivity index is 1.34. The van der Waals surface area contributed by atoms with Crippen molar-refractivity contribution in [3.8, 4) is 17.4 Å². The molecule has 0 spiro atoms. The van der Waals surface area contributed by atoms with E-state index in [4.69, 9.17) is 18.9 Å². The number of carbonyl (C=O) groups excluding carboxylic acids is 3. The SMILES string of the molecule is CCOC(=O)C(C)(C)CCOc1ccccc1C1(O)CCN(C(=O)[C@]2(Oc3csc(C(F)(F)F)c3)CCCN3C(=O)c4c(C(F)(F)F)ccnc4OCCCC=CC[C@@H]32)CC1. The summed E-state index contributed by atoms with van der Waals surface area (Å²) in [5, 5.41) is 13.2. The number of fused-ring (bicyclic) bond motifs is 2. The van der Waals surface area contributed by atoms with Crippen molar-refractivity contribution in [2.45, 2.75) is 102 Å². The van der Waals surface area contributed by atoms with Crippen molar-refractivity contribution in [3.63, 3.8) is 0 Å². The van der Waals surface area contributed by atoms with E-state index in [0.717, 1.165) is 22.5 Å². The lowest BCUT2D eigenvalue weighted by Gasteiger charge is -2.51. The molecule has 11 nitrogen and oxygen atoms in total. The molecule has 2 amide bonds. The molecule has 2 aromatic heterocycles. The monoisotopic (exact) mass is 881 g/mol. The van der Waals surface area contributed by atoms with Gasteiger partial charge in [-0.25, -0.2) is 4.98 Å². The van der Waals surface area contributed by atoms with E-state index in [1.165, 1.54) is 4.90 Å². The number of benzene rings is 1. The molecule has 6 rings (SSSR count). The van der Waals surface area contributed by atoms with Gasteiger partial charge in [-0.2, -0.15) is 26.3 Å². The van der Waals surface area contributed by atoms with Crippen LogP contribution in [-0.2, 0) is 32.3 Å². The molecule has 332 valence electrons. The Morgan fingerprint density at radius 2 is 1.74 bits per heavy atom. The second kappa shape index (κ2) is 18.2. The van der Waals surface area contributed by atoms with Crippen molar-refractivity contribution < 1.29 is 64.8 Å². The van der Waals surface area contributed by atoms with Gasteiger partial charge in [-0.15, -0.1) is 11.3 Å². The van der Waals surface area contributed by atoms with Crippen LogP contribution in [-0.4, -0.2) is 88.8 Å². The number of hydrogen-bond acceptors (Lipinski definition) is 10. The van der Waals surface area contributed by atoms with Crippen LogP contribution in [0.5, 0.6) is 17.4 Å². The summed E-state index contributed by atoms with van der Waals surface area (Å²) in [5.41, 5.74) is -6.07. The lowest BCUT2D eigenvalue weighted by atomic mass is 9.78. The number of halogens is 6. The summed E-state index contributed by atoms with van der Waals surface area (Å²) in [6.45, 7) is 5.32. The number of likely N-dealkylation sites (tertiary alicyclic amines) is 1. The fraction of sp³-hybridized carbons (Fsp3) is 0.535. The quantitative estimate of drug-likeness (QED) is 0.121. The number of esters is 1. The van der Waals surface area contributed by atoms with E-state index in [9.17, 15) is 41.0 Å². The van der Waals surface area contributed by atoms with E-state index >= 15 is 4.79 Å². The van der Waals surface area contributed by atoms with Crippen LogP contribution in [0.1, 0.15) is 98.5 Å². The highest BCUT2D eigenvalue weighted by Crippen LogP contribution is 2.45. The first-order valence-electron chi connectivity index (χ1n) is 20.2. The number of aliphatic hydroxyl groups is 1. The number of ether oxygens (including phenoxy) is 4. The molecular formula is C43H49F6N3O8S. The minimum Gasteiger partial charge on any atom is -0.493 e. The third-order valence-corrected chi connectivity index (χ3v) is 12.4. The first-order valence-corrected chi connectivity index (χ1v) is 21.1. The van der Waals surface area contributed by atoms with E-state index in [0.29, 0.717) is 48.0 Å². The number of allylic oxidation sites excluding steroid dienone is 1. The van der Waals surface area contributed by atoms with E-state index in [1.54, 1.807) is 57.2 Å². The second-order valence-electron chi connectivity index (χ2n) is 16.0. The third kappa shape index (κ3) is 9.95. The van der Waals surface area contributed by atoms with Crippen LogP contribution < -0.4 is 14.2 Å². The lowest BCUT2D eigenvalue weighted by molar-refractivity contribution is -0.163.